The highest BCUT2D eigenvalue weighted by Crippen LogP contribution is 2.34. The lowest BCUT2D eigenvalue weighted by molar-refractivity contribution is -0.127. The summed E-state index contributed by atoms with van der Waals surface area (Å²) in [6.45, 7) is 4.26. The summed E-state index contributed by atoms with van der Waals surface area (Å²) in [4.78, 5) is 20.4. The Hall–Kier alpha value is -4.61. The average Bonchev–Trinajstić information content (AvgIpc) is 3.22. The molecule has 0 unspecified atom stereocenters. The van der Waals surface area contributed by atoms with Gasteiger partial charge in [-0.2, -0.15) is 9.57 Å². The number of amides is 1. The minimum Gasteiger partial charge on any atom is -0.396 e. The van der Waals surface area contributed by atoms with E-state index in [2.05, 4.69) is 21.7 Å². The van der Waals surface area contributed by atoms with Crippen molar-refractivity contribution in [3.05, 3.63) is 83.4 Å². The number of nitrogens with zero attached hydrogens (tertiary/aromatic N) is 4. The molecule has 250 valence electrons. The van der Waals surface area contributed by atoms with Crippen LogP contribution in [0.3, 0.4) is 0 Å². The molecule has 13 heteroatoms. The molecule has 3 aromatic carbocycles. The molecule has 1 saturated heterocycles. The standard InChI is InChI=1S/C35H39N7O4S2/c1-2-13-41(14-5-12-38-35(47)39-30-8-3-6-24(15-30)20-36)34(44)29-16-28-11-10-27(18-32(28)40-33(37)19-29)26-7-4-9-31(17-26)48(45,46)42-21-25(22-42)23-43/h3-4,6-11,15-18,25,43H,2,5,12-14,19,21-23H2,1H3,(H2,37,40)(H2,38,39,47). The molecule has 5 rings (SSSR count). The molecule has 2 aliphatic rings. The van der Waals surface area contributed by atoms with Crippen LogP contribution in [0.25, 0.3) is 17.2 Å². The number of thiocarbonyl (C=S) groups is 1. The molecule has 1 fully saturated rings. The molecule has 0 aromatic heterocycles. The van der Waals surface area contributed by atoms with Gasteiger partial charge in [0.1, 0.15) is 5.84 Å². The number of aliphatic hydroxyl groups is 1. The van der Waals surface area contributed by atoms with Crippen LogP contribution in [0.1, 0.15) is 37.3 Å². The monoisotopic (exact) mass is 685 g/mol. The summed E-state index contributed by atoms with van der Waals surface area (Å²) in [6, 6.07) is 21.5. The van der Waals surface area contributed by atoms with Gasteiger partial charge in [-0.15, -0.1) is 0 Å². The fraction of sp³-hybridized carbons (Fsp3) is 0.314. The number of carbonyl (C=O) groups is 1. The van der Waals surface area contributed by atoms with Crippen LogP contribution in [0.5, 0.6) is 0 Å². The van der Waals surface area contributed by atoms with E-state index in [1.165, 1.54) is 4.31 Å². The number of fused-ring (bicyclic) bond motifs is 1. The van der Waals surface area contributed by atoms with Crippen LogP contribution in [-0.2, 0) is 14.8 Å². The van der Waals surface area contributed by atoms with Crippen molar-refractivity contribution >= 4 is 56.5 Å². The van der Waals surface area contributed by atoms with Crippen LogP contribution in [0.4, 0.5) is 11.4 Å². The van der Waals surface area contributed by atoms with Gasteiger partial charge < -0.3 is 26.4 Å². The Kier molecular flexibility index (Phi) is 11.2. The molecule has 0 aliphatic carbocycles. The SMILES string of the molecule is CCCN(CCCNC(=S)Nc1cccc(C#N)c1)C(=O)C1=Cc2ccc(-c3cccc(S(=O)(=O)N4CC(CO)C4)c3)cc2N=C(N)C1. The summed E-state index contributed by atoms with van der Waals surface area (Å²) in [5.74, 6) is 0.181. The molecular formula is C35H39N7O4S2. The number of benzene rings is 3. The summed E-state index contributed by atoms with van der Waals surface area (Å²) in [5, 5.41) is 25.1. The van der Waals surface area contributed by atoms with Crippen LogP contribution in [0.2, 0.25) is 0 Å². The van der Waals surface area contributed by atoms with Crippen molar-refractivity contribution in [2.75, 3.05) is 44.6 Å². The van der Waals surface area contributed by atoms with Crippen molar-refractivity contribution in [2.24, 2.45) is 16.6 Å². The zero-order chi connectivity index (χ0) is 34.3. The average molecular weight is 686 g/mol. The highest BCUT2D eigenvalue weighted by molar-refractivity contribution is 7.89. The van der Waals surface area contributed by atoms with Crippen LogP contribution in [0, 0.1) is 17.2 Å². The zero-order valence-electron chi connectivity index (χ0n) is 26.7. The van der Waals surface area contributed by atoms with Crippen LogP contribution in [-0.4, -0.2) is 78.9 Å². The molecule has 0 spiro atoms. The van der Waals surface area contributed by atoms with E-state index in [0.717, 1.165) is 23.2 Å². The number of nitrogens with two attached hydrogens (primary N) is 1. The van der Waals surface area contributed by atoms with Crippen LogP contribution >= 0.6 is 12.2 Å². The predicted octanol–water partition coefficient (Wildman–Crippen LogP) is 4.23. The first-order chi connectivity index (χ1) is 23.1. The van der Waals surface area contributed by atoms with Gasteiger partial charge in [0.15, 0.2) is 5.11 Å². The number of aliphatic hydroxyl groups excluding tert-OH is 1. The van der Waals surface area contributed by atoms with E-state index in [-0.39, 0.29) is 29.7 Å². The molecule has 0 saturated carbocycles. The number of amidine groups is 1. The second-order valence-corrected chi connectivity index (χ2v) is 14.2. The van der Waals surface area contributed by atoms with E-state index in [1.54, 1.807) is 36.4 Å². The van der Waals surface area contributed by atoms with Gasteiger partial charge in [-0.25, -0.2) is 13.4 Å². The summed E-state index contributed by atoms with van der Waals surface area (Å²) in [7, 11) is -3.67. The van der Waals surface area contributed by atoms with Gasteiger partial charge in [0.25, 0.3) is 0 Å². The molecule has 0 atom stereocenters. The Morgan fingerprint density at radius 2 is 1.90 bits per heavy atom. The topological polar surface area (TPSA) is 164 Å². The van der Waals surface area contributed by atoms with E-state index in [0.29, 0.717) is 72.5 Å². The smallest absolute Gasteiger partial charge is 0.250 e. The van der Waals surface area contributed by atoms with Gasteiger partial charge in [-0.3, -0.25) is 4.79 Å². The van der Waals surface area contributed by atoms with Gasteiger partial charge in [0, 0.05) is 68.5 Å². The first-order valence-electron chi connectivity index (χ1n) is 15.8. The normalized spacial score (nSPS) is 14.8. The van der Waals surface area contributed by atoms with E-state index in [9.17, 15) is 18.3 Å². The number of hydrogen-bond acceptors (Lipinski definition) is 8. The number of rotatable bonds is 12. The third-order valence-corrected chi connectivity index (χ3v) is 10.3. The van der Waals surface area contributed by atoms with Crippen molar-refractivity contribution < 1.29 is 18.3 Å². The summed E-state index contributed by atoms with van der Waals surface area (Å²) in [5.41, 5.74) is 11.0. The van der Waals surface area contributed by atoms with Crippen LogP contribution in [0.15, 0.2) is 82.2 Å². The lowest BCUT2D eigenvalue weighted by Crippen LogP contribution is -2.51. The number of carbonyl (C=O) groups excluding carboxylic acids is 1. The van der Waals surface area contributed by atoms with Gasteiger partial charge in [-0.05, 0) is 78.7 Å². The second-order valence-electron chi connectivity index (χ2n) is 11.8. The predicted molar refractivity (Wildman–Crippen MR) is 192 cm³/mol. The Balaban J connectivity index is 1.25. The minimum atomic E-state index is -3.67. The first-order valence-corrected chi connectivity index (χ1v) is 17.7. The van der Waals surface area contributed by atoms with E-state index in [1.807, 2.05) is 48.2 Å². The molecule has 5 N–H and O–H groups in total. The number of aliphatic imine (C=N–C) groups is 1. The highest BCUT2D eigenvalue weighted by atomic mass is 32.2. The third kappa shape index (κ3) is 8.26. The quantitative estimate of drug-likeness (QED) is 0.161. The van der Waals surface area contributed by atoms with Gasteiger partial charge in [0.2, 0.25) is 15.9 Å². The van der Waals surface area contributed by atoms with Crippen molar-refractivity contribution in [1.82, 2.24) is 14.5 Å². The fourth-order valence-corrected chi connectivity index (χ4v) is 7.49. The summed E-state index contributed by atoms with van der Waals surface area (Å²) >= 11 is 5.40. The molecule has 2 heterocycles. The minimum absolute atomic E-state index is 0.0283. The van der Waals surface area contributed by atoms with Crippen molar-refractivity contribution in [3.63, 3.8) is 0 Å². The molecule has 0 radical (unpaired) electrons. The van der Waals surface area contributed by atoms with Crippen molar-refractivity contribution in [1.29, 1.82) is 5.26 Å². The maximum Gasteiger partial charge on any atom is 0.250 e. The number of sulfonamides is 1. The Morgan fingerprint density at radius 3 is 2.65 bits per heavy atom. The lowest BCUT2D eigenvalue weighted by Gasteiger charge is -2.36. The maximum atomic E-state index is 13.8. The lowest BCUT2D eigenvalue weighted by atomic mass is 10.0. The fourth-order valence-electron chi connectivity index (χ4n) is 5.63. The van der Waals surface area contributed by atoms with Gasteiger partial charge >= 0.3 is 0 Å². The maximum absolute atomic E-state index is 13.8. The number of hydrogen-bond donors (Lipinski definition) is 4. The summed E-state index contributed by atoms with van der Waals surface area (Å²) in [6.07, 6.45) is 3.49. The molecular weight excluding hydrogens is 647 g/mol. The second kappa shape index (κ2) is 15.5. The van der Waals surface area contributed by atoms with E-state index >= 15 is 0 Å². The number of nitriles is 1. The van der Waals surface area contributed by atoms with Gasteiger partial charge in [-0.1, -0.05) is 37.3 Å². The largest absolute Gasteiger partial charge is 0.396 e. The molecule has 11 nitrogen and oxygen atoms in total. The Morgan fingerprint density at radius 1 is 1.12 bits per heavy atom. The molecule has 2 aliphatic heterocycles. The molecule has 1 amide bonds. The summed E-state index contributed by atoms with van der Waals surface area (Å²) < 4.78 is 27.6. The Labute approximate surface area is 286 Å². The number of nitrogens with one attached hydrogen (secondary N) is 2. The van der Waals surface area contributed by atoms with Crippen LogP contribution < -0.4 is 16.4 Å². The van der Waals surface area contributed by atoms with E-state index < -0.39 is 10.0 Å². The third-order valence-electron chi connectivity index (χ3n) is 8.18. The molecule has 0 bridgehead atoms. The van der Waals surface area contributed by atoms with Crippen molar-refractivity contribution in [2.45, 2.75) is 31.1 Å². The highest BCUT2D eigenvalue weighted by Gasteiger charge is 2.36. The van der Waals surface area contributed by atoms with Crippen molar-refractivity contribution in [3.8, 4) is 17.2 Å². The Bertz CT molecular complexity index is 1900. The van der Waals surface area contributed by atoms with E-state index in [4.69, 9.17) is 23.2 Å². The number of anilines is 1. The first kappa shape index (κ1) is 34.7. The molecule has 3 aromatic rings. The zero-order valence-corrected chi connectivity index (χ0v) is 28.4. The van der Waals surface area contributed by atoms with Gasteiger partial charge in [0.05, 0.1) is 22.2 Å². The molecule has 48 heavy (non-hydrogen) atoms.